The van der Waals surface area contributed by atoms with Crippen LogP contribution in [0.3, 0.4) is 0 Å². The van der Waals surface area contributed by atoms with E-state index in [0.29, 0.717) is 6.04 Å². The topological polar surface area (TPSA) is 29.3 Å². The molecule has 0 spiro atoms. The van der Waals surface area contributed by atoms with Gasteiger partial charge in [-0.2, -0.15) is 0 Å². The van der Waals surface area contributed by atoms with Crippen molar-refractivity contribution in [3.8, 4) is 0 Å². The van der Waals surface area contributed by atoms with Gasteiger partial charge in [-0.05, 0) is 71.0 Å². The van der Waals surface area contributed by atoms with Gasteiger partial charge in [-0.1, -0.05) is 30.9 Å². The Labute approximate surface area is 125 Å². The summed E-state index contributed by atoms with van der Waals surface area (Å²) < 4.78 is 0. The van der Waals surface area contributed by atoms with Crippen molar-refractivity contribution in [3.05, 3.63) is 36.5 Å². The van der Waals surface area contributed by atoms with Crippen molar-refractivity contribution in [2.45, 2.75) is 64.0 Å². The zero-order valence-corrected chi connectivity index (χ0v) is 13.4. The molecule has 114 valence electrons. The third-order valence-corrected chi connectivity index (χ3v) is 4.36. The van der Waals surface area contributed by atoms with Gasteiger partial charge in [0.15, 0.2) is 0 Å². The van der Waals surface area contributed by atoms with E-state index in [1.807, 2.05) is 13.0 Å². The molecule has 1 aliphatic rings. The minimum Gasteiger partial charge on any atom is -0.328 e. The first-order valence-electron chi connectivity index (χ1n) is 8.07. The molecule has 0 aromatic rings. The number of unbranched alkanes of at least 4 members (excludes halogenated alkanes) is 1. The summed E-state index contributed by atoms with van der Waals surface area (Å²) in [5.74, 6) is 0. The number of allylic oxidation sites excluding steroid dienone is 5. The van der Waals surface area contributed by atoms with Gasteiger partial charge in [0.25, 0.3) is 0 Å². The monoisotopic (exact) mass is 276 g/mol. The molecule has 0 bridgehead atoms. The Kier molecular flexibility index (Phi) is 8.56. The molecule has 0 aliphatic heterocycles. The zero-order chi connectivity index (χ0) is 14.8. The maximum Gasteiger partial charge on any atom is 0.00933 e. The molecule has 0 aromatic heterocycles. The molecule has 0 aromatic carbocycles. The minimum absolute atomic E-state index is 0.451. The van der Waals surface area contributed by atoms with Gasteiger partial charge in [0, 0.05) is 12.1 Å². The quantitative estimate of drug-likeness (QED) is 0.535. The van der Waals surface area contributed by atoms with Crippen LogP contribution in [0, 0.1) is 0 Å². The van der Waals surface area contributed by atoms with Crippen LogP contribution in [0.4, 0.5) is 0 Å². The molecule has 20 heavy (non-hydrogen) atoms. The van der Waals surface area contributed by atoms with E-state index in [2.05, 4.69) is 36.8 Å². The summed E-state index contributed by atoms with van der Waals surface area (Å²) in [7, 11) is 2.27. The van der Waals surface area contributed by atoms with Crippen molar-refractivity contribution in [2.24, 2.45) is 5.73 Å². The van der Waals surface area contributed by atoms with E-state index in [9.17, 15) is 0 Å². The number of nitrogens with two attached hydrogens (primary N) is 1. The van der Waals surface area contributed by atoms with Crippen molar-refractivity contribution < 1.29 is 0 Å². The smallest absolute Gasteiger partial charge is 0.00933 e. The first-order valence-corrected chi connectivity index (χ1v) is 8.07. The molecule has 0 saturated heterocycles. The average molecular weight is 276 g/mol. The fraction of sp³-hybridized carbons (Fsp3) is 0.667. The molecule has 2 nitrogen and oxygen atoms in total. The SMILES string of the molecule is C=C/C(=C\C=C/C)CCCCN(C)C1CCC(N)CC1. The molecular weight excluding hydrogens is 244 g/mol. The van der Waals surface area contributed by atoms with E-state index in [4.69, 9.17) is 5.73 Å². The highest BCUT2D eigenvalue weighted by Gasteiger charge is 2.21. The van der Waals surface area contributed by atoms with Crippen molar-refractivity contribution in [1.82, 2.24) is 4.90 Å². The Bertz CT molecular complexity index is 322. The highest BCUT2D eigenvalue weighted by atomic mass is 15.1. The Morgan fingerprint density at radius 2 is 1.95 bits per heavy atom. The summed E-state index contributed by atoms with van der Waals surface area (Å²) in [6.07, 6.45) is 16.9. The lowest BCUT2D eigenvalue weighted by molar-refractivity contribution is 0.180. The predicted molar refractivity (Wildman–Crippen MR) is 89.8 cm³/mol. The van der Waals surface area contributed by atoms with Crippen molar-refractivity contribution in [3.63, 3.8) is 0 Å². The van der Waals surface area contributed by atoms with Crippen molar-refractivity contribution >= 4 is 0 Å². The van der Waals surface area contributed by atoms with Crippen LogP contribution in [0.15, 0.2) is 36.5 Å². The van der Waals surface area contributed by atoms with E-state index in [1.54, 1.807) is 0 Å². The molecule has 0 atom stereocenters. The Morgan fingerprint density at radius 3 is 2.55 bits per heavy atom. The lowest BCUT2D eigenvalue weighted by Gasteiger charge is -2.33. The fourth-order valence-corrected chi connectivity index (χ4v) is 2.89. The molecule has 1 saturated carbocycles. The predicted octanol–water partition coefficient (Wildman–Crippen LogP) is 4.05. The second-order valence-corrected chi connectivity index (χ2v) is 5.98. The number of nitrogens with zero attached hydrogens (tertiary/aromatic N) is 1. The summed E-state index contributed by atoms with van der Waals surface area (Å²) in [6, 6.07) is 1.21. The molecule has 2 heteroatoms. The van der Waals surface area contributed by atoms with E-state index >= 15 is 0 Å². The third kappa shape index (κ3) is 6.53. The molecule has 1 fully saturated rings. The van der Waals surface area contributed by atoms with Gasteiger partial charge in [0.1, 0.15) is 0 Å². The number of hydrogen-bond acceptors (Lipinski definition) is 2. The lowest BCUT2D eigenvalue weighted by Crippen LogP contribution is -2.39. The van der Waals surface area contributed by atoms with Crippen LogP contribution < -0.4 is 5.73 Å². The van der Waals surface area contributed by atoms with Crippen molar-refractivity contribution in [1.29, 1.82) is 0 Å². The fourth-order valence-electron chi connectivity index (χ4n) is 2.89. The first kappa shape index (κ1) is 17.2. The summed E-state index contributed by atoms with van der Waals surface area (Å²) >= 11 is 0. The highest BCUT2D eigenvalue weighted by molar-refractivity contribution is 5.21. The minimum atomic E-state index is 0.451. The summed E-state index contributed by atoms with van der Waals surface area (Å²) in [5.41, 5.74) is 7.31. The molecule has 0 heterocycles. The van der Waals surface area contributed by atoms with Gasteiger partial charge < -0.3 is 10.6 Å². The molecule has 0 radical (unpaired) electrons. The van der Waals surface area contributed by atoms with Crippen LogP contribution in [-0.2, 0) is 0 Å². The van der Waals surface area contributed by atoms with E-state index in [1.165, 1.54) is 50.6 Å². The number of rotatable bonds is 8. The van der Waals surface area contributed by atoms with Crippen LogP contribution in [0.25, 0.3) is 0 Å². The molecular formula is C18H32N2. The van der Waals surface area contributed by atoms with Gasteiger partial charge in [0.05, 0.1) is 0 Å². The van der Waals surface area contributed by atoms with Crippen LogP contribution in [0.5, 0.6) is 0 Å². The van der Waals surface area contributed by atoms with Gasteiger partial charge in [-0.3, -0.25) is 0 Å². The van der Waals surface area contributed by atoms with Gasteiger partial charge in [-0.15, -0.1) is 0 Å². The van der Waals surface area contributed by atoms with Gasteiger partial charge in [-0.25, -0.2) is 0 Å². The second kappa shape index (κ2) is 9.95. The largest absolute Gasteiger partial charge is 0.328 e. The lowest BCUT2D eigenvalue weighted by atomic mass is 9.91. The zero-order valence-electron chi connectivity index (χ0n) is 13.4. The van der Waals surface area contributed by atoms with Crippen LogP contribution in [0.1, 0.15) is 51.9 Å². The normalized spacial score (nSPS) is 24.5. The van der Waals surface area contributed by atoms with Crippen LogP contribution in [-0.4, -0.2) is 30.6 Å². The average Bonchev–Trinajstić information content (AvgIpc) is 2.47. The highest BCUT2D eigenvalue weighted by Crippen LogP contribution is 2.21. The van der Waals surface area contributed by atoms with Gasteiger partial charge >= 0.3 is 0 Å². The Hall–Kier alpha value is -0.860. The molecule has 2 N–H and O–H groups in total. The second-order valence-electron chi connectivity index (χ2n) is 5.98. The summed E-state index contributed by atoms with van der Waals surface area (Å²) in [5, 5.41) is 0. The van der Waals surface area contributed by atoms with Crippen LogP contribution >= 0.6 is 0 Å². The number of hydrogen-bond donors (Lipinski definition) is 1. The van der Waals surface area contributed by atoms with E-state index in [0.717, 1.165) is 12.5 Å². The summed E-state index contributed by atoms with van der Waals surface area (Å²) in [4.78, 5) is 2.54. The van der Waals surface area contributed by atoms with E-state index < -0.39 is 0 Å². The summed E-state index contributed by atoms with van der Waals surface area (Å²) in [6.45, 7) is 7.13. The molecule has 1 rings (SSSR count). The van der Waals surface area contributed by atoms with Gasteiger partial charge in [0.2, 0.25) is 0 Å². The van der Waals surface area contributed by atoms with E-state index in [-0.39, 0.29) is 0 Å². The first-order chi connectivity index (χ1) is 9.67. The van der Waals surface area contributed by atoms with Crippen LogP contribution in [0.2, 0.25) is 0 Å². The third-order valence-electron chi connectivity index (χ3n) is 4.36. The maximum absolute atomic E-state index is 5.97. The Morgan fingerprint density at radius 1 is 1.25 bits per heavy atom. The van der Waals surface area contributed by atoms with Crippen molar-refractivity contribution in [2.75, 3.05) is 13.6 Å². The maximum atomic E-state index is 5.97. The Balaban J connectivity index is 2.18. The molecule has 1 aliphatic carbocycles. The molecule has 0 amide bonds. The molecule has 0 unspecified atom stereocenters. The standard InChI is InChI=1S/C18H32N2/c1-4-6-9-16(5-2)10-7-8-15-20(3)18-13-11-17(19)12-14-18/h4-6,9,17-18H,2,7-8,10-15,19H2,1,3H3/b6-4-,16-9+.